The molecule has 9 heteroatoms. The number of pyridine rings is 1. The number of nitrogens with zero attached hydrogens (tertiary/aromatic N) is 7. The van der Waals surface area contributed by atoms with Gasteiger partial charge < -0.3 is 9.47 Å². The van der Waals surface area contributed by atoms with E-state index in [0.29, 0.717) is 42.8 Å². The number of hydrogen-bond donors (Lipinski definition) is 0. The van der Waals surface area contributed by atoms with E-state index in [0.717, 1.165) is 29.4 Å². The number of aromatic nitrogens is 7. The predicted octanol–water partition coefficient (Wildman–Crippen LogP) is 3.30. The molecule has 0 aliphatic carbocycles. The van der Waals surface area contributed by atoms with E-state index in [1.807, 2.05) is 30.3 Å². The molecule has 4 rings (SSSR count). The van der Waals surface area contributed by atoms with Gasteiger partial charge in [0, 0.05) is 17.6 Å². The molecule has 0 atom stereocenters. The second kappa shape index (κ2) is 9.25. The van der Waals surface area contributed by atoms with Crippen molar-refractivity contribution in [1.82, 2.24) is 35.2 Å². The molecule has 0 N–H and O–H groups in total. The Balaban J connectivity index is 1.77. The van der Waals surface area contributed by atoms with Crippen molar-refractivity contribution in [2.24, 2.45) is 0 Å². The smallest absolute Gasteiger partial charge is 0.201 e. The molecule has 0 saturated heterocycles. The van der Waals surface area contributed by atoms with Gasteiger partial charge in [0.2, 0.25) is 5.82 Å². The maximum absolute atomic E-state index is 5.94. The van der Waals surface area contributed by atoms with Crippen molar-refractivity contribution < 1.29 is 9.47 Å². The summed E-state index contributed by atoms with van der Waals surface area (Å²) in [5.74, 6) is 1.88. The van der Waals surface area contributed by atoms with Crippen molar-refractivity contribution in [1.29, 1.82) is 0 Å². The van der Waals surface area contributed by atoms with Crippen molar-refractivity contribution in [3.05, 3.63) is 48.5 Å². The highest BCUT2D eigenvalue weighted by atomic mass is 16.5. The van der Waals surface area contributed by atoms with Crippen LogP contribution in [0.5, 0.6) is 11.5 Å². The molecule has 0 unspecified atom stereocenters. The van der Waals surface area contributed by atoms with Gasteiger partial charge in [-0.05, 0) is 41.5 Å². The molecule has 0 aliphatic rings. The number of ether oxygens (including phenoxy) is 2. The Hall–Kier alpha value is -3.62. The standard InChI is InChI=1S/C21H23N7O2/c1-3-9-29-18-11-16-17(12-19(18)30-10-4-2)23-14-24-20(16)21-25-26-27-28(21)13-15-7-5-6-8-22-15/h5-8,11-12,14H,3-4,9-10,13H2,1-2H3. The third-order valence-corrected chi connectivity index (χ3v) is 4.41. The molecule has 9 nitrogen and oxygen atoms in total. The lowest BCUT2D eigenvalue weighted by molar-refractivity contribution is 0.269. The second-order valence-corrected chi connectivity index (χ2v) is 6.72. The van der Waals surface area contributed by atoms with Gasteiger partial charge in [-0.15, -0.1) is 5.10 Å². The summed E-state index contributed by atoms with van der Waals surface area (Å²) in [6.45, 7) is 5.76. The Labute approximate surface area is 174 Å². The van der Waals surface area contributed by atoms with E-state index in [-0.39, 0.29) is 0 Å². The molecule has 4 aromatic rings. The topological polar surface area (TPSA) is 101 Å². The normalized spacial score (nSPS) is 11.0. The number of benzene rings is 1. The SMILES string of the molecule is CCCOc1cc2ncnc(-c3nnnn3Cc3ccccn3)c2cc1OCCC. The zero-order valence-corrected chi connectivity index (χ0v) is 17.0. The molecule has 0 aliphatic heterocycles. The van der Waals surface area contributed by atoms with Crippen molar-refractivity contribution in [2.75, 3.05) is 13.2 Å². The van der Waals surface area contributed by atoms with E-state index in [2.05, 4.69) is 44.3 Å². The van der Waals surface area contributed by atoms with Gasteiger partial charge in [-0.3, -0.25) is 4.98 Å². The van der Waals surface area contributed by atoms with Crippen LogP contribution >= 0.6 is 0 Å². The van der Waals surface area contributed by atoms with Crippen LogP contribution in [-0.4, -0.2) is 48.4 Å². The fraction of sp³-hybridized carbons (Fsp3) is 0.333. The van der Waals surface area contributed by atoms with Crippen LogP contribution in [0.25, 0.3) is 22.4 Å². The van der Waals surface area contributed by atoms with E-state index in [1.54, 1.807) is 10.9 Å². The van der Waals surface area contributed by atoms with Gasteiger partial charge >= 0.3 is 0 Å². The van der Waals surface area contributed by atoms with E-state index >= 15 is 0 Å². The van der Waals surface area contributed by atoms with Gasteiger partial charge in [0.25, 0.3) is 0 Å². The minimum absolute atomic E-state index is 0.436. The molecule has 154 valence electrons. The van der Waals surface area contributed by atoms with Crippen molar-refractivity contribution in [2.45, 2.75) is 33.2 Å². The van der Waals surface area contributed by atoms with Crippen molar-refractivity contribution in [3.63, 3.8) is 0 Å². The third kappa shape index (κ3) is 4.19. The molecule has 0 fully saturated rings. The quantitative estimate of drug-likeness (QED) is 0.418. The van der Waals surface area contributed by atoms with Gasteiger partial charge in [0.1, 0.15) is 12.0 Å². The summed E-state index contributed by atoms with van der Waals surface area (Å²) in [4.78, 5) is 13.2. The monoisotopic (exact) mass is 405 g/mol. The zero-order chi connectivity index (χ0) is 20.8. The fourth-order valence-corrected chi connectivity index (χ4v) is 3.02. The first-order valence-corrected chi connectivity index (χ1v) is 10.0. The highest BCUT2D eigenvalue weighted by molar-refractivity contribution is 5.92. The van der Waals surface area contributed by atoms with Gasteiger partial charge in [-0.1, -0.05) is 19.9 Å². The van der Waals surface area contributed by atoms with Crippen LogP contribution < -0.4 is 9.47 Å². The Kier molecular flexibility index (Phi) is 6.07. The Morgan fingerprint density at radius 3 is 2.47 bits per heavy atom. The number of rotatable bonds is 9. The van der Waals surface area contributed by atoms with Crippen LogP contribution in [-0.2, 0) is 6.54 Å². The van der Waals surface area contributed by atoms with Crippen LogP contribution in [0, 0.1) is 0 Å². The lowest BCUT2D eigenvalue weighted by Crippen LogP contribution is -2.07. The van der Waals surface area contributed by atoms with E-state index in [4.69, 9.17) is 9.47 Å². The lowest BCUT2D eigenvalue weighted by Gasteiger charge is -2.14. The van der Waals surface area contributed by atoms with Crippen molar-refractivity contribution in [3.8, 4) is 23.0 Å². The molecule has 0 bridgehead atoms. The minimum atomic E-state index is 0.436. The molecular weight excluding hydrogens is 382 g/mol. The van der Waals surface area contributed by atoms with Crippen LogP contribution in [0.4, 0.5) is 0 Å². The van der Waals surface area contributed by atoms with E-state index < -0.39 is 0 Å². The molecule has 1 aromatic carbocycles. The first kappa shape index (κ1) is 19.7. The summed E-state index contributed by atoms with van der Waals surface area (Å²) in [5, 5.41) is 13.0. The van der Waals surface area contributed by atoms with Crippen LogP contribution in [0.2, 0.25) is 0 Å². The first-order valence-electron chi connectivity index (χ1n) is 10.0. The predicted molar refractivity (Wildman–Crippen MR) is 111 cm³/mol. The molecule has 3 aromatic heterocycles. The fourth-order valence-electron chi connectivity index (χ4n) is 3.02. The number of tetrazole rings is 1. The molecular formula is C21H23N7O2. The van der Waals surface area contributed by atoms with Crippen molar-refractivity contribution >= 4 is 10.9 Å². The summed E-state index contributed by atoms with van der Waals surface area (Å²) in [6.07, 6.45) is 5.05. The molecule has 0 saturated carbocycles. The van der Waals surface area contributed by atoms with Crippen LogP contribution in [0.1, 0.15) is 32.4 Å². The average molecular weight is 405 g/mol. The lowest BCUT2D eigenvalue weighted by atomic mass is 10.1. The average Bonchev–Trinajstić information content (AvgIpc) is 3.24. The molecule has 3 heterocycles. The van der Waals surface area contributed by atoms with Crippen LogP contribution in [0.3, 0.4) is 0 Å². The third-order valence-electron chi connectivity index (χ3n) is 4.41. The largest absolute Gasteiger partial charge is 0.490 e. The Morgan fingerprint density at radius 1 is 0.933 bits per heavy atom. The number of hydrogen-bond acceptors (Lipinski definition) is 8. The maximum atomic E-state index is 5.94. The Bertz CT molecular complexity index is 1120. The molecule has 0 radical (unpaired) electrons. The van der Waals surface area contributed by atoms with Gasteiger partial charge in [-0.2, -0.15) is 0 Å². The molecule has 0 spiro atoms. The summed E-state index contributed by atoms with van der Waals surface area (Å²) >= 11 is 0. The summed E-state index contributed by atoms with van der Waals surface area (Å²) in [7, 11) is 0. The van der Waals surface area contributed by atoms with Crippen LogP contribution in [0.15, 0.2) is 42.9 Å². The van der Waals surface area contributed by atoms with E-state index in [9.17, 15) is 0 Å². The van der Waals surface area contributed by atoms with Gasteiger partial charge in [-0.25, -0.2) is 14.6 Å². The van der Waals surface area contributed by atoms with Gasteiger partial charge in [0.15, 0.2) is 11.5 Å². The molecule has 30 heavy (non-hydrogen) atoms. The minimum Gasteiger partial charge on any atom is -0.490 e. The van der Waals surface area contributed by atoms with E-state index in [1.165, 1.54) is 6.33 Å². The maximum Gasteiger partial charge on any atom is 0.201 e. The second-order valence-electron chi connectivity index (χ2n) is 6.72. The zero-order valence-electron chi connectivity index (χ0n) is 17.0. The summed E-state index contributed by atoms with van der Waals surface area (Å²) in [6, 6.07) is 9.52. The first-order chi connectivity index (χ1) is 14.8. The number of fused-ring (bicyclic) bond motifs is 1. The highest BCUT2D eigenvalue weighted by Crippen LogP contribution is 2.35. The van der Waals surface area contributed by atoms with Gasteiger partial charge in [0.05, 0.1) is 31.0 Å². The summed E-state index contributed by atoms with van der Waals surface area (Å²) in [5.41, 5.74) is 2.22. The summed E-state index contributed by atoms with van der Waals surface area (Å²) < 4.78 is 13.5. The Morgan fingerprint density at radius 2 is 1.73 bits per heavy atom. The highest BCUT2D eigenvalue weighted by Gasteiger charge is 2.18. The molecule has 0 amide bonds.